The molecule has 1 amide bonds. The lowest BCUT2D eigenvalue weighted by molar-refractivity contribution is -0.130. The third kappa shape index (κ3) is 3.66. The predicted molar refractivity (Wildman–Crippen MR) is 54.2 cm³/mol. The van der Waals surface area contributed by atoms with Gasteiger partial charge in [0.05, 0.1) is 25.8 Å². The van der Waals surface area contributed by atoms with Crippen LogP contribution in [0.25, 0.3) is 0 Å². The van der Waals surface area contributed by atoms with E-state index < -0.39 is 31.0 Å². The minimum atomic E-state index is -3.06. The van der Waals surface area contributed by atoms with Gasteiger partial charge in [-0.1, -0.05) is 0 Å². The van der Waals surface area contributed by atoms with Gasteiger partial charge >= 0.3 is 0 Å². The van der Waals surface area contributed by atoms with E-state index in [0.29, 0.717) is 13.2 Å². The van der Waals surface area contributed by atoms with Crippen LogP contribution in [0.5, 0.6) is 0 Å². The van der Waals surface area contributed by atoms with Crippen LogP contribution < -0.4 is 16.4 Å². The molecule has 1 heterocycles. The highest BCUT2D eigenvalue weighted by Gasteiger charge is 2.32. The second kappa shape index (κ2) is 5.51. The van der Waals surface area contributed by atoms with Gasteiger partial charge in [-0.3, -0.25) is 4.79 Å². The zero-order valence-corrected chi connectivity index (χ0v) is 9.13. The van der Waals surface area contributed by atoms with Crippen molar-refractivity contribution >= 4 is 5.91 Å². The number of ether oxygens (including phenoxy) is 1. The second-order valence-corrected chi connectivity index (χ2v) is 3.79. The summed E-state index contributed by atoms with van der Waals surface area (Å²) in [5, 5.41) is 5.07. The van der Waals surface area contributed by atoms with Gasteiger partial charge in [0.1, 0.15) is 6.04 Å². The average Bonchev–Trinajstić information content (AvgIpc) is 2.27. The van der Waals surface area contributed by atoms with E-state index in [-0.39, 0.29) is 6.10 Å². The molecule has 5 nitrogen and oxygen atoms in total. The fraction of sp³-hybridized carbons (Fsp3) is 0.889. The van der Waals surface area contributed by atoms with Gasteiger partial charge in [-0.05, 0) is 6.92 Å². The lowest BCUT2D eigenvalue weighted by atomic mass is 10.1. The monoisotopic (exact) mass is 237 g/mol. The summed E-state index contributed by atoms with van der Waals surface area (Å²) in [4.78, 5) is 11.5. The molecular formula is C9H17F2N3O2. The molecule has 0 aromatic rings. The van der Waals surface area contributed by atoms with E-state index in [9.17, 15) is 13.6 Å². The molecule has 0 unspecified atom stereocenters. The fourth-order valence-electron chi connectivity index (χ4n) is 1.43. The highest BCUT2D eigenvalue weighted by Crippen LogP contribution is 2.09. The topological polar surface area (TPSA) is 76.4 Å². The zero-order chi connectivity index (χ0) is 12.2. The maximum absolute atomic E-state index is 12.8. The van der Waals surface area contributed by atoms with Crippen molar-refractivity contribution < 1.29 is 18.3 Å². The molecule has 0 saturated carbocycles. The first-order valence-corrected chi connectivity index (χ1v) is 5.17. The highest BCUT2D eigenvalue weighted by atomic mass is 19.3. The summed E-state index contributed by atoms with van der Waals surface area (Å²) in [5.74, 6) is -3.55. The van der Waals surface area contributed by atoms with E-state index >= 15 is 0 Å². The maximum Gasteiger partial charge on any atom is 0.277 e. The van der Waals surface area contributed by atoms with Crippen molar-refractivity contribution in [3.63, 3.8) is 0 Å². The fourth-order valence-corrected chi connectivity index (χ4v) is 1.43. The van der Waals surface area contributed by atoms with Gasteiger partial charge in [0.15, 0.2) is 0 Å². The summed E-state index contributed by atoms with van der Waals surface area (Å²) in [7, 11) is 0. The summed E-state index contributed by atoms with van der Waals surface area (Å²) in [5.41, 5.74) is 4.86. The van der Waals surface area contributed by atoms with Crippen LogP contribution in [0, 0.1) is 0 Å². The number of halogens is 2. The summed E-state index contributed by atoms with van der Waals surface area (Å²) >= 11 is 0. The molecule has 2 atom stereocenters. The number of carbonyl (C=O) groups excluding carboxylic acids is 1. The Morgan fingerprint density at radius 1 is 1.69 bits per heavy atom. The Morgan fingerprint density at radius 2 is 2.38 bits per heavy atom. The number of hydrogen-bond acceptors (Lipinski definition) is 4. The zero-order valence-electron chi connectivity index (χ0n) is 9.13. The Labute approximate surface area is 92.7 Å². The first-order chi connectivity index (χ1) is 7.46. The summed E-state index contributed by atoms with van der Waals surface area (Å²) < 4.78 is 30.8. The van der Waals surface area contributed by atoms with Gasteiger partial charge in [0, 0.05) is 6.54 Å². The van der Waals surface area contributed by atoms with Crippen LogP contribution in [-0.4, -0.2) is 50.2 Å². The van der Waals surface area contributed by atoms with Crippen LogP contribution in [0.15, 0.2) is 0 Å². The standard InChI is InChI=1S/C9H17F2N3O2/c1-6-7(13-2-3-16-6)8(15)14-5-9(10,11)4-12/h6-7,13H,2-5,12H2,1H3,(H,14,15)/t6-,7+/m1/s1. The van der Waals surface area contributed by atoms with Gasteiger partial charge < -0.3 is 21.1 Å². The van der Waals surface area contributed by atoms with Crippen molar-refractivity contribution in [2.24, 2.45) is 5.73 Å². The molecule has 1 saturated heterocycles. The van der Waals surface area contributed by atoms with Crippen LogP contribution >= 0.6 is 0 Å². The smallest absolute Gasteiger partial charge is 0.277 e. The number of alkyl halides is 2. The van der Waals surface area contributed by atoms with Gasteiger partial charge in [0.25, 0.3) is 5.92 Å². The molecule has 1 rings (SSSR count). The number of rotatable bonds is 4. The number of nitrogens with two attached hydrogens (primary N) is 1. The summed E-state index contributed by atoms with van der Waals surface area (Å²) in [6, 6.07) is -0.581. The van der Waals surface area contributed by atoms with Gasteiger partial charge in [-0.25, -0.2) is 8.78 Å². The minimum Gasteiger partial charge on any atom is -0.375 e. The van der Waals surface area contributed by atoms with Crippen LogP contribution in [0.2, 0.25) is 0 Å². The van der Waals surface area contributed by atoms with E-state index in [1.165, 1.54) is 0 Å². The Balaban J connectivity index is 2.39. The molecule has 1 aliphatic rings. The molecule has 0 aliphatic carbocycles. The largest absolute Gasteiger partial charge is 0.375 e. The van der Waals surface area contributed by atoms with E-state index in [1.54, 1.807) is 6.92 Å². The first kappa shape index (κ1) is 13.3. The van der Waals surface area contributed by atoms with Crippen molar-refractivity contribution in [2.45, 2.75) is 25.0 Å². The molecule has 0 bridgehead atoms. The molecule has 1 fully saturated rings. The molecule has 0 aromatic carbocycles. The molecule has 0 radical (unpaired) electrons. The molecular weight excluding hydrogens is 220 g/mol. The molecule has 94 valence electrons. The number of nitrogens with one attached hydrogen (secondary N) is 2. The summed E-state index contributed by atoms with van der Waals surface area (Å²) in [6.07, 6.45) is -0.319. The molecule has 7 heteroatoms. The van der Waals surface area contributed by atoms with Crippen molar-refractivity contribution in [3.05, 3.63) is 0 Å². The van der Waals surface area contributed by atoms with E-state index in [1.807, 2.05) is 0 Å². The Hall–Kier alpha value is -0.790. The quantitative estimate of drug-likeness (QED) is 0.590. The SMILES string of the molecule is C[C@H]1OCCN[C@@H]1C(=O)NCC(F)(F)CN. The molecule has 4 N–H and O–H groups in total. The highest BCUT2D eigenvalue weighted by molar-refractivity contribution is 5.82. The van der Waals surface area contributed by atoms with Crippen LogP contribution in [0.4, 0.5) is 8.78 Å². The lowest BCUT2D eigenvalue weighted by Crippen LogP contribution is -2.57. The van der Waals surface area contributed by atoms with Gasteiger partial charge in [-0.15, -0.1) is 0 Å². The molecule has 16 heavy (non-hydrogen) atoms. The molecule has 0 aromatic heterocycles. The minimum absolute atomic E-state index is 0.319. The normalized spacial score (nSPS) is 26.5. The molecule has 0 spiro atoms. The third-order valence-corrected chi connectivity index (χ3v) is 2.42. The van der Waals surface area contributed by atoms with Crippen LogP contribution in [0.1, 0.15) is 6.92 Å². The summed E-state index contributed by atoms with van der Waals surface area (Å²) in [6.45, 7) is 1.25. The van der Waals surface area contributed by atoms with Crippen molar-refractivity contribution in [2.75, 3.05) is 26.2 Å². The van der Waals surface area contributed by atoms with Crippen LogP contribution in [-0.2, 0) is 9.53 Å². The number of morpholine rings is 1. The number of amides is 1. The third-order valence-electron chi connectivity index (χ3n) is 2.42. The number of carbonyl (C=O) groups is 1. The van der Waals surface area contributed by atoms with Gasteiger partial charge in [0.2, 0.25) is 5.91 Å². The first-order valence-electron chi connectivity index (χ1n) is 5.17. The van der Waals surface area contributed by atoms with Crippen LogP contribution in [0.3, 0.4) is 0 Å². The van der Waals surface area contributed by atoms with Gasteiger partial charge in [-0.2, -0.15) is 0 Å². The van der Waals surface area contributed by atoms with E-state index in [0.717, 1.165) is 0 Å². The molecule has 1 aliphatic heterocycles. The van der Waals surface area contributed by atoms with Crippen molar-refractivity contribution in [3.8, 4) is 0 Å². The maximum atomic E-state index is 12.8. The predicted octanol–water partition coefficient (Wildman–Crippen LogP) is -0.926. The van der Waals surface area contributed by atoms with E-state index in [2.05, 4.69) is 10.6 Å². The number of hydrogen-bond donors (Lipinski definition) is 3. The Morgan fingerprint density at radius 3 is 2.94 bits per heavy atom. The average molecular weight is 237 g/mol. The Kier molecular flexibility index (Phi) is 4.57. The second-order valence-electron chi connectivity index (χ2n) is 3.79. The van der Waals surface area contributed by atoms with Crippen molar-refractivity contribution in [1.29, 1.82) is 0 Å². The lowest BCUT2D eigenvalue weighted by Gasteiger charge is -2.29. The van der Waals surface area contributed by atoms with E-state index in [4.69, 9.17) is 10.5 Å². The Bertz CT molecular complexity index is 251. The van der Waals surface area contributed by atoms with Crippen molar-refractivity contribution in [1.82, 2.24) is 10.6 Å².